The minimum atomic E-state index is -0.0928. The molecular formula is C17H18ClNOS. The van der Waals surface area contributed by atoms with Crippen molar-refractivity contribution in [1.82, 2.24) is 5.32 Å². The van der Waals surface area contributed by atoms with E-state index in [9.17, 15) is 4.79 Å². The van der Waals surface area contributed by atoms with E-state index in [0.29, 0.717) is 10.8 Å². The van der Waals surface area contributed by atoms with Crippen LogP contribution in [0, 0.1) is 6.92 Å². The first-order valence-electron chi connectivity index (χ1n) is 6.79. The molecule has 0 aliphatic carbocycles. The normalized spacial score (nSPS) is 12.0. The fourth-order valence-electron chi connectivity index (χ4n) is 1.97. The largest absolute Gasteiger partial charge is 0.349 e. The third-order valence-corrected chi connectivity index (χ3v) is 4.50. The van der Waals surface area contributed by atoms with E-state index in [1.54, 1.807) is 0 Å². The van der Waals surface area contributed by atoms with E-state index in [1.807, 2.05) is 62.4 Å². The molecule has 0 bridgehead atoms. The van der Waals surface area contributed by atoms with Gasteiger partial charge in [0.25, 0.3) is 0 Å². The van der Waals surface area contributed by atoms with E-state index in [4.69, 9.17) is 11.6 Å². The molecule has 2 aromatic carbocycles. The van der Waals surface area contributed by atoms with Crippen LogP contribution in [0.25, 0.3) is 0 Å². The Balaban J connectivity index is 1.87. The molecule has 4 heteroatoms. The Labute approximate surface area is 134 Å². The Kier molecular flexibility index (Phi) is 5.71. The monoisotopic (exact) mass is 319 g/mol. The van der Waals surface area contributed by atoms with E-state index in [-0.39, 0.29) is 11.9 Å². The van der Waals surface area contributed by atoms with Gasteiger partial charge >= 0.3 is 0 Å². The van der Waals surface area contributed by atoms with Gasteiger partial charge in [-0.05, 0) is 37.6 Å². The predicted molar refractivity (Wildman–Crippen MR) is 89.9 cm³/mol. The number of rotatable bonds is 5. The molecule has 0 aromatic heterocycles. The summed E-state index contributed by atoms with van der Waals surface area (Å²) >= 11 is 7.67. The van der Waals surface area contributed by atoms with Gasteiger partial charge in [-0.3, -0.25) is 4.79 Å². The zero-order valence-corrected chi connectivity index (χ0v) is 13.7. The number of hydrogen-bond donors (Lipinski definition) is 1. The van der Waals surface area contributed by atoms with Gasteiger partial charge in [-0.15, -0.1) is 11.8 Å². The molecule has 2 nitrogen and oxygen atoms in total. The first kappa shape index (κ1) is 15.9. The van der Waals surface area contributed by atoms with Gasteiger partial charge in [0, 0.05) is 9.92 Å². The van der Waals surface area contributed by atoms with Crippen molar-refractivity contribution in [3.63, 3.8) is 0 Å². The average molecular weight is 320 g/mol. The molecule has 2 rings (SSSR count). The van der Waals surface area contributed by atoms with Crippen molar-refractivity contribution in [1.29, 1.82) is 0 Å². The molecule has 1 amide bonds. The van der Waals surface area contributed by atoms with Crippen molar-refractivity contribution in [2.75, 3.05) is 5.75 Å². The van der Waals surface area contributed by atoms with Crippen LogP contribution in [0.1, 0.15) is 24.1 Å². The maximum absolute atomic E-state index is 12.0. The number of halogens is 1. The molecule has 0 aliphatic rings. The van der Waals surface area contributed by atoms with Crippen molar-refractivity contribution in [3.8, 4) is 0 Å². The fourth-order valence-corrected chi connectivity index (χ4v) is 2.98. The molecule has 1 unspecified atom stereocenters. The van der Waals surface area contributed by atoms with E-state index in [2.05, 4.69) is 5.32 Å². The first-order chi connectivity index (χ1) is 10.1. The highest BCUT2D eigenvalue weighted by Gasteiger charge is 2.12. The zero-order valence-electron chi connectivity index (χ0n) is 12.1. The summed E-state index contributed by atoms with van der Waals surface area (Å²) in [7, 11) is 0. The number of hydrogen-bond acceptors (Lipinski definition) is 2. The maximum atomic E-state index is 12.0. The second-order valence-electron chi connectivity index (χ2n) is 4.91. The van der Waals surface area contributed by atoms with Crippen LogP contribution in [-0.2, 0) is 4.79 Å². The van der Waals surface area contributed by atoms with Gasteiger partial charge in [-0.1, -0.05) is 47.5 Å². The van der Waals surface area contributed by atoms with Crippen molar-refractivity contribution < 1.29 is 4.79 Å². The molecule has 0 radical (unpaired) electrons. The summed E-state index contributed by atoms with van der Waals surface area (Å²) in [5.74, 6) is 0.408. The Morgan fingerprint density at radius 1 is 1.19 bits per heavy atom. The number of carbonyl (C=O) groups excluding carboxylic acids is 1. The highest BCUT2D eigenvalue weighted by atomic mass is 35.5. The molecule has 110 valence electrons. The summed E-state index contributed by atoms with van der Waals surface area (Å²) in [4.78, 5) is 13.1. The highest BCUT2D eigenvalue weighted by molar-refractivity contribution is 8.00. The number of benzene rings is 2. The van der Waals surface area contributed by atoms with Gasteiger partial charge in [0.2, 0.25) is 5.91 Å². The minimum Gasteiger partial charge on any atom is -0.349 e. The lowest BCUT2D eigenvalue weighted by atomic mass is 10.1. The second-order valence-corrected chi connectivity index (χ2v) is 6.37. The Bertz CT molecular complexity index is 612. The summed E-state index contributed by atoms with van der Waals surface area (Å²) in [6.07, 6.45) is 0. The smallest absolute Gasteiger partial charge is 0.230 e. The lowest BCUT2D eigenvalue weighted by Gasteiger charge is -2.15. The van der Waals surface area contributed by atoms with Gasteiger partial charge in [0.15, 0.2) is 0 Å². The third-order valence-electron chi connectivity index (χ3n) is 3.14. The molecule has 1 atom stereocenters. The van der Waals surface area contributed by atoms with Crippen molar-refractivity contribution in [2.45, 2.75) is 24.8 Å². The molecular weight excluding hydrogens is 302 g/mol. The SMILES string of the molecule is Cc1ccc(SCC(=O)NC(C)c2ccccc2Cl)cc1. The molecule has 0 fully saturated rings. The van der Waals surface area contributed by atoms with Crippen molar-refractivity contribution >= 4 is 29.3 Å². The standard InChI is InChI=1S/C17H18ClNOS/c1-12-7-9-14(10-8-12)21-11-17(20)19-13(2)15-5-3-4-6-16(15)18/h3-10,13H,11H2,1-2H3,(H,19,20). The molecule has 0 heterocycles. The third kappa shape index (κ3) is 4.80. The maximum Gasteiger partial charge on any atom is 0.230 e. The van der Waals surface area contributed by atoms with E-state index >= 15 is 0 Å². The quantitative estimate of drug-likeness (QED) is 0.815. The van der Waals surface area contributed by atoms with Crippen LogP contribution in [0.15, 0.2) is 53.4 Å². The molecule has 2 aromatic rings. The predicted octanol–water partition coefficient (Wildman–Crippen LogP) is 4.62. The molecule has 1 N–H and O–H groups in total. The van der Waals surface area contributed by atoms with Crippen LogP contribution >= 0.6 is 23.4 Å². The molecule has 0 spiro atoms. The summed E-state index contributed by atoms with van der Waals surface area (Å²) < 4.78 is 0. The topological polar surface area (TPSA) is 29.1 Å². The average Bonchev–Trinajstić information content (AvgIpc) is 2.47. The lowest BCUT2D eigenvalue weighted by Crippen LogP contribution is -2.28. The first-order valence-corrected chi connectivity index (χ1v) is 8.16. The Hall–Kier alpha value is -1.45. The van der Waals surface area contributed by atoms with Crippen LogP contribution in [0.3, 0.4) is 0 Å². The molecule has 0 saturated heterocycles. The van der Waals surface area contributed by atoms with Gasteiger partial charge in [-0.25, -0.2) is 0 Å². The summed E-state index contributed by atoms with van der Waals surface area (Å²) in [6, 6.07) is 15.6. The van der Waals surface area contributed by atoms with Gasteiger partial charge in [-0.2, -0.15) is 0 Å². The zero-order chi connectivity index (χ0) is 15.2. The molecule has 0 saturated carbocycles. The number of amides is 1. The number of aryl methyl sites for hydroxylation is 1. The molecule has 21 heavy (non-hydrogen) atoms. The summed E-state index contributed by atoms with van der Waals surface area (Å²) in [5, 5.41) is 3.65. The fraction of sp³-hybridized carbons (Fsp3) is 0.235. The minimum absolute atomic E-state index is 0.00740. The Morgan fingerprint density at radius 2 is 1.86 bits per heavy atom. The number of carbonyl (C=O) groups is 1. The van der Waals surface area contributed by atoms with Crippen LogP contribution in [0.5, 0.6) is 0 Å². The van der Waals surface area contributed by atoms with E-state index in [0.717, 1.165) is 10.5 Å². The van der Waals surface area contributed by atoms with Gasteiger partial charge in [0.05, 0.1) is 11.8 Å². The summed E-state index contributed by atoms with van der Waals surface area (Å²) in [6.45, 7) is 3.99. The van der Waals surface area contributed by atoms with Crippen LogP contribution in [-0.4, -0.2) is 11.7 Å². The van der Waals surface area contributed by atoms with E-state index < -0.39 is 0 Å². The summed E-state index contributed by atoms with van der Waals surface area (Å²) in [5.41, 5.74) is 2.16. The van der Waals surface area contributed by atoms with Crippen molar-refractivity contribution in [2.24, 2.45) is 0 Å². The highest BCUT2D eigenvalue weighted by Crippen LogP contribution is 2.23. The van der Waals surface area contributed by atoms with Crippen molar-refractivity contribution in [3.05, 3.63) is 64.7 Å². The van der Waals surface area contributed by atoms with Gasteiger partial charge in [0.1, 0.15) is 0 Å². The van der Waals surface area contributed by atoms with Crippen LogP contribution < -0.4 is 5.32 Å². The number of thioether (sulfide) groups is 1. The molecule has 0 aliphatic heterocycles. The Morgan fingerprint density at radius 3 is 2.52 bits per heavy atom. The van der Waals surface area contributed by atoms with E-state index in [1.165, 1.54) is 17.3 Å². The van der Waals surface area contributed by atoms with Crippen LogP contribution in [0.2, 0.25) is 5.02 Å². The van der Waals surface area contributed by atoms with Gasteiger partial charge < -0.3 is 5.32 Å². The number of nitrogens with one attached hydrogen (secondary N) is 1. The van der Waals surface area contributed by atoms with Crippen LogP contribution in [0.4, 0.5) is 0 Å². The second kappa shape index (κ2) is 7.53. The lowest BCUT2D eigenvalue weighted by molar-refractivity contribution is -0.119.